The number of hydrogen-bond donors (Lipinski definition) is 2. The minimum Gasteiger partial charge on any atom is -0.352 e. The Hall–Kier alpha value is -2.37. The van der Waals surface area contributed by atoms with E-state index in [0.717, 1.165) is 62.9 Å². The molecule has 1 aliphatic rings. The van der Waals surface area contributed by atoms with Crippen molar-refractivity contribution < 1.29 is 14.4 Å². The third kappa shape index (κ3) is 8.17. The van der Waals surface area contributed by atoms with Crippen molar-refractivity contribution in [1.82, 2.24) is 10.2 Å². The van der Waals surface area contributed by atoms with Gasteiger partial charge in [0.15, 0.2) is 0 Å². The van der Waals surface area contributed by atoms with Crippen molar-refractivity contribution in [2.45, 2.75) is 78.2 Å². The highest BCUT2D eigenvalue weighted by molar-refractivity contribution is 5.92. The Kier molecular flexibility index (Phi) is 10.4. The van der Waals surface area contributed by atoms with Gasteiger partial charge in [0.25, 0.3) is 0 Å². The van der Waals surface area contributed by atoms with Crippen LogP contribution in [0.1, 0.15) is 77.2 Å². The molecule has 6 heteroatoms. The van der Waals surface area contributed by atoms with E-state index >= 15 is 0 Å². The quantitative estimate of drug-likeness (QED) is 0.536. The van der Waals surface area contributed by atoms with Gasteiger partial charge in [-0.25, -0.2) is 0 Å². The van der Waals surface area contributed by atoms with Crippen LogP contribution in [0.5, 0.6) is 0 Å². The molecule has 1 aromatic carbocycles. The summed E-state index contributed by atoms with van der Waals surface area (Å²) in [5, 5.41) is 5.91. The molecule has 166 valence electrons. The lowest BCUT2D eigenvalue weighted by Crippen LogP contribution is -2.32. The highest BCUT2D eigenvalue weighted by Crippen LogP contribution is 2.26. The molecule has 1 aromatic rings. The largest absolute Gasteiger partial charge is 0.352 e. The molecule has 1 fully saturated rings. The van der Waals surface area contributed by atoms with Crippen molar-refractivity contribution in [2.75, 3.05) is 18.4 Å². The van der Waals surface area contributed by atoms with Gasteiger partial charge in [0, 0.05) is 44.1 Å². The minimum absolute atomic E-state index is 0.0549. The van der Waals surface area contributed by atoms with E-state index in [9.17, 15) is 14.4 Å². The fourth-order valence-electron chi connectivity index (χ4n) is 3.94. The van der Waals surface area contributed by atoms with Crippen LogP contribution in [0.3, 0.4) is 0 Å². The second kappa shape index (κ2) is 13.0. The highest BCUT2D eigenvalue weighted by Gasteiger charge is 2.22. The van der Waals surface area contributed by atoms with Crippen LogP contribution in [-0.4, -0.2) is 35.7 Å². The molecule has 3 amide bonds. The second-order valence-electron chi connectivity index (χ2n) is 8.18. The number of amides is 3. The van der Waals surface area contributed by atoms with Gasteiger partial charge in [0.2, 0.25) is 17.7 Å². The lowest BCUT2D eigenvalue weighted by atomic mass is 10.1. The average molecular weight is 416 g/mol. The first-order valence-corrected chi connectivity index (χ1v) is 11.5. The zero-order valence-corrected chi connectivity index (χ0v) is 18.5. The zero-order chi connectivity index (χ0) is 21.8. The van der Waals surface area contributed by atoms with E-state index in [2.05, 4.69) is 24.5 Å². The van der Waals surface area contributed by atoms with Crippen LogP contribution in [0.4, 0.5) is 5.69 Å². The van der Waals surface area contributed by atoms with Crippen LogP contribution in [-0.2, 0) is 20.9 Å². The van der Waals surface area contributed by atoms with E-state index in [-0.39, 0.29) is 23.6 Å². The van der Waals surface area contributed by atoms with Crippen LogP contribution >= 0.6 is 0 Å². The Morgan fingerprint density at radius 2 is 1.73 bits per heavy atom. The normalized spacial score (nSPS) is 13.8. The lowest BCUT2D eigenvalue weighted by Gasteiger charge is -2.21. The summed E-state index contributed by atoms with van der Waals surface area (Å²) >= 11 is 0. The third-order valence-corrected chi connectivity index (χ3v) is 5.54. The summed E-state index contributed by atoms with van der Waals surface area (Å²) < 4.78 is 0. The van der Waals surface area contributed by atoms with Crippen molar-refractivity contribution in [1.29, 1.82) is 0 Å². The van der Waals surface area contributed by atoms with Crippen LogP contribution in [0.25, 0.3) is 0 Å². The van der Waals surface area contributed by atoms with Gasteiger partial charge in [0.05, 0.1) is 0 Å². The summed E-state index contributed by atoms with van der Waals surface area (Å²) in [6, 6.07) is 7.61. The molecule has 0 saturated heterocycles. The number of hydrogen-bond acceptors (Lipinski definition) is 3. The first kappa shape index (κ1) is 23.9. The van der Waals surface area contributed by atoms with Crippen molar-refractivity contribution in [3.63, 3.8) is 0 Å². The monoisotopic (exact) mass is 415 g/mol. The number of benzene rings is 1. The molecule has 1 aliphatic carbocycles. The van der Waals surface area contributed by atoms with Gasteiger partial charge < -0.3 is 15.5 Å². The standard InChI is InChI=1S/C24H37N3O3/c1-3-15-27(16-4-2)23(29)14-8-13-22(28)25-18-19-9-7-12-21(17-19)26-24(30)20-10-5-6-11-20/h7,9,12,17,20H,3-6,8,10-11,13-16,18H2,1-2H3,(H,25,28)(H,26,30). The second-order valence-corrected chi connectivity index (χ2v) is 8.18. The van der Waals surface area contributed by atoms with Crippen molar-refractivity contribution in [3.05, 3.63) is 29.8 Å². The Bertz CT molecular complexity index is 693. The van der Waals surface area contributed by atoms with E-state index in [1.54, 1.807) is 0 Å². The van der Waals surface area contributed by atoms with Crippen LogP contribution in [0.2, 0.25) is 0 Å². The van der Waals surface area contributed by atoms with Gasteiger partial charge in [-0.1, -0.05) is 38.8 Å². The molecule has 2 N–H and O–H groups in total. The van der Waals surface area contributed by atoms with E-state index in [1.165, 1.54) is 0 Å². The predicted molar refractivity (Wildman–Crippen MR) is 120 cm³/mol. The first-order valence-electron chi connectivity index (χ1n) is 11.5. The highest BCUT2D eigenvalue weighted by atomic mass is 16.2. The molecular weight excluding hydrogens is 378 g/mol. The molecule has 0 bridgehead atoms. The molecule has 0 heterocycles. The first-order chi connectivity index (χ1) is 14.5. The maximum Gasteiger partial charge on any atom is 0.227 e. The number of nitrogens with zero attached hydrogens (tertiary/aromatic N) is 1. The van der Waals surface area contributed by atoms with Gasteiger partial charge in [0.1, 0.15) is 0 Å². The number of carbonyl (C=O) groups is 3. The summed E-state index contributed by atoms with van der Waals surface area (Å²) in [6.07, 6.45) is 7.42. The van der Waals surface area contributed by atoms with Gasteiger partial charge in [-0.15, -0.1) is 0 Å². The third-order valence-electron chi connectivity index (χ3n) is 5.54. The van der Waals surface area contributed by atoms with Gasteiger partial charge in [-0.2, -0.15) is 0 Å². The molecule has 2 rings (SSSR count). The molecule has 0 aromatic heterocycles. The summed E-state index contributed by atoms with van der Waals surface area (Å²) in [7, 11) is 0. The van der Waals surface area contributed by atoms with Crippen molar-refractivity contribution in [2.24, 2.45) is 5.92 Å². The van der Waals surface area contributed by atoms with Crippen molar-refractivity contribution in [3.8, 4) is 0 Å². The predicted octanol–water partition coefficient (Wildman–Crippen LogP) is 4.25. The molecule has 0 atom stereocenters. The maximum atomic E-state index is 12.3. The summed E-state index contributed by atoms with van der Waals surface area (Å²) in [4.78, 5) is 38.6. The Balaban J connectivity index is 1.71. The minimum atomic E-state index is -0.0549. The van der Waals surface area contributed by atoms with Crippen LogP contribution in [0, 0.1) is 5.92 Å². The molecule has 0 unspecified atom stereocenters. The van der Waals surface area contributed by atoms with Gasteiger partial charge >= 0.3 is 0 Å². The zero-order valence-electron chi connectivity index (χ0n) is 18.5. The topological polar surface area (TPSA) is 78.5 Å². The van der Waals surface area contributed by atoms with Gasteiger partial charge in [-0.05, 0) is 49.8 Å². The number of nitrogens with one attached hydrogen (secondary N) is 2. The van der Waals surface area contributed by atoms with E-state index in [4.69, 9.17) is 0 Å². The Morgan fingerprint density at radius 1 is 1.03 bits per heavy atom. The van der Waals surface area contributed by atoms with Crippen LogP contribution in [0.15, 0.2) is 24.3 Å². The van der Waals surface area contributed by atoms with E-state index in [1.807, 2.05) is 29.2 Å². The molecule has 0 radical (unpaired) electrons. The van der Waals surface area contributed by atoms with Gasteiger partial charge in [-0.3, -0.25) is 14.4 Å². The van der Waals surface area contributed by atoms with Crippen molar-refractivity contribution >= 4 is 23.4 Å². The molecule has 30 heavy (non-hydrogen) atoms. The summed E-state index contributed by atoms with van der Waals surface area (Å²) in [5.41, 5.74) is 1.72. The molecular formula is C24H37N3O3. The lowest BCUT2D eigenvalue weighted by molar-refractivity contribution is -0.131. The fraction of sp³-hybridized carbons (Fsp3) is 0.625. The van der Waals surface area contributed by atoms with E-state index in [0.29, 0.717) is 25.8 Å². The smallest absolute Gasteiger partial charge is 0.227 e. The van der Waals surface area contributed by atoms with E-state index < -0.39 is 0 Å². The number of rotatable bonds is 12. The Labute approximate surface area is 180 Å². The molecule has 0 spiro atoms. The van der Waals surface area contributed by atoms with Crippen LogP contribution < -0.4 is 10.6 Å². The number of carbonyl (C=O) groups excluding carboxylic acids is 3. The maximum absolute atomic E-state index is 12.3. The summed E-state index contributed by atoms with van der Waals surface area (Å²) in [6.45, 7) is 6.12. The molecule has 0 aliphatic heterocycles. The molecule has 6 nitrogen and oxygen atoms in total. The Morgan fingerprint density at radius 3 is 2.40 bits per heavy atom. The average Bonchev–Trinajstić information content (AvgIpc) is 3.27. The fourth-order valence-corrected chi connectivity index (χ4v) is 3.94. The summed E-state index contributed by atoms with van der Waals surface area (Å²) in [5.74, 6) is 0.304. The molecule has 1 saturated carbocycles. The SMILES string of the molecule is CCCN(CCC)C(=O)CCCC(=O)NCc1cccc(NC(=O)C2CCCC2)c1. The number of anilines is 1.